The zero-order valence-corrected chi connectivity index (χ0v) is 12.0. The highest BCUT2D eigenvalue weighted by molar-refractivity contribution is 9.10. The molecule has 4 nitrogen and oxygen atoms in total. The van der Waals surface area contributed by atoms with E-state index in [9.17, 15) is 0 Å². The summed E-state index contributed by atoms with van der Waals surface area (Å²) in [5.74, 6) is 1.03. The van der Waals surface area contributed by atoms with Crippen molar-refractivity contribution in [2.45, 2.75) is 40.3 Å². The molecule has 0 unspecified atom stereocenters. The molecule has 5 heteroatoms. The van der Waals surface area contributed by atoms with Gasteiger partial charge in [-0.05, 0) is 36.2 Å². The van der Waals surface area contributed by atoms with E-state index in [1.807, 2.05) is 19.3 Å². The molecule has 0 amide bonds. The summed E-state index contributed by atoms with van der Waals surface area (Å²) in [6.45, 7) is 7.96. The normalized spacial score (nSPS) is 11.1. The average Bonchev–Trinajstić information content (AvgIpc) is 2.86. The van der Waals surface area contributed by atoms with E-state index in [1.165, 1.54) is 5.69 Å². The molecule has 0 bridgehead atoms. The summed E-state index contributed by atoms with van der Waals surface area (Å²) in [4.78, 5) is 4.24. The van der Waals surface area contributed by atoms with Crippen molar-refractivity contribution >= 4 is 15.9 Å². The van der Waals surface area contributed by atoms with Gasteiger partial charge in [0.1, 0.15) is 5.82 Å². The molecule has 17 heavy (non-hydrogen) atoms. The Balaban J connectivity index is 2.38. The van der Waals surface area contributed by atoms with Crippen LogP contribution in [0.4, 0.5) is 0 Å². The molecular weight excluding hydrogens is 280 g/mol. The summed E-state index contributed by atoms with van der Waals surface area (Å²) in [6, 6.07) is 0. The Labute approximate surface area is 110 Å². The molecule has 0 aliphatic heterocycles. The fraction of sp³-hybridized carbons (Fsp3) is 0.500. The first-order chi connectivity index (χ1) is 8.17. The molecule has 0 aliphatic rings. The Hall–Kier alpha value is -1.10. The quantitative estimate of drug-likeness (QED) is 0.870. The number of hydrogen-bond donors (Lipinski definition) is 0. The Bertz CT molecular complexity index is 513. The number of aryl methyl sites for hydroxylation is 3. The highest BCUT2D eigenvalue weighted by Crippen LogP contribution is 2.23. The molecule has 2 aromatic rings. The fourth-order valence-corrected chi connectivity index (χ4v) is 2.59. The van der Waals surface area contributed by atoms with Crippen LogP contribution in [0.25, 0.3) is 0 Å². The molecule has 0 atom stereocenters. The molecule has 0 aromatic carbocycles. The van der Waals surface area contributed by atoms with Crippen LogP contribution < -0.4 is 0 Å². The van der Waals surface area contributed by atoms with Crippen molar-refractivity contribution < 1.29 is 0 Å². The zero-order valence-electron chi connectivity index (χ0n) is 10.4. The van der Waals surface area contributed by atoms with E-state index < -0.39 is 0 Å². The van der Waals surface area contributed by atoms with Crippen LogP contribution in [0.5, 0.6) is 0 Å². The van der Waals surface area contributed by atoms with Gasteiger partial charge in [-0.3, -0.25) is 4.68 Å². The highest BCUT2D eigenvalue weighted by Gasteiger charge is 2.14. The first-order valence-corrected chi connectivity index (χ1v) is 6.68. The molecule has 0 spiro atoms. The molecule has 2 rings (SSSR count). The minimum absolute atomic E-state index is 0.813. The zero-order chi connectivity index (χ0) is 12.4. The summed E-state index contributed by atoms with van der Waals surface area (Å²) in [7, 11) is 0. The third-order valence-electron chi connectivity index (χ3n) is 2.94. The van der Waals surface area contributed by atoms with Crippen molar-refractivity contribution in [3.05, 3.63) is 34.1 Å². The number of rotatable bonds is 4. The van der Waals surface area contributed by atoms with Gasteiger partial charge in [0.25, 0.3) is 0 Å². The smallest absolute Gasteiger partial charge is 0.105 e. The standard InChI is InChI=1S/C12H17BrN4/c1-4-10-12(13)11(17(5-2)15-10)8-16-7-6-14-9(16)3/h6-7H,4-5,8H2,1-3H3. The summed E-state index contributed by atoms with van der Waals surface area (Å²) >= 11 is 3.66. The van der Waals surface area contributed by atoms with Crippen LogP contribution in [0.15, 0.2) is 16.9 Å². The van der Waals surface area contributed by atoms with Gasteiger partial charge in [-0.25, -0.2) is 4.98 Å². The lowest BCUT2D eigenvalue weighted by Gasteiger charge is -2.07. The van der Waals surface area contributed by atoms with Crippen LogP contribution in [0, 0.1) is 6.92 Å². The first kappa shape index (κ1) is 12.4. The van der Waals surface area contributed by atoms with E-state index in [2.05, 4.69) is 49.1 Å². The molecule has 2 aromatic heterocycles. The Morgan fingerprint density at radius 1 is 1.35 bits per heavy atom. The maximum atomic E-state index is 4.59. The summed E-state index contributed by atoms with van der Waals surface area (Å²) in [5.41, 5.74) is 2.34. The van der Waals surface area contributed by atoms with Gasteiger partial charge in [-0.15, -0.1) is 0 Å². The molecule has 0 saturated heterocycles. The largest absolute Gasteiger partial charge is 0.329 e. The van der Waals surface area contributed by atoms with E-state index in [1.54, 1.807) is 0 Å². The number of halogens is 1. The van der Waals surface area contributed by atoms with E-state index in [4.69, 9.17) is 0 Å². The van der Waals surface area contributed by atoms with Gasteiger partial charge in [0.15, 0.2) is 0 Å². The lowest BCUT2D eigenvalue weighted by Crippen LogP contribution is -2.08. The number of hydrogen-bond acceptors (Lipinski definition) is 2. The van der Waals surface area contributed by atoms with Gasteiger partial charge in [0, 0.05) is 18.9 Å². The van der Waals surface area contributed by atoms with Crippen LogP contribution in [-0.4, -0.2) is 19.3 Å². The van der Waals surface area contributed by atoms with E-state index in [0.29, 0.717) is 0 Å². The van der Waals surface area contributed by atoms with Gasteiger partial charge in [-0.1, -0.05) is 6.92 Å². The SMILES string of the molecule is CCc1nn(CC)c(Cn2ccnc2C)c1Br. The summed E-state index contributed by atoms with van der Waals surface area (Å²) in [5, 5.41) is 4.59. The van der Waals surface area contributed by atoms with Gasteiger partial charge >= 0.3 is 0 Å². The highest BCUT2D eigenvalue weighted by atomic mass is 79.9. The monoisotopic (exact) mass is 296 g/mol. The van der Waals surface area contributed by atoms with Crippen molar-refractivity contribution in [2.24, 2.45) is 0 Å². The van der Waals surface area contributed by atoms with Crippen molar-refractivity contribution in [3.8, 4) is 0 Å². The number of imidazole rings is 1. The second kappa shape index (κ2) is 5.04. The van der Waals surface area contributed by atoms with Gasteiger partial charge in [-0.2, -0.15) is 5.10 Å². The van der Waals surface area contributed by atoms with E-state index in [0.717, 1.165) is 35.5 Å². The van der Waals surface area contributed by atoms with Crippen LogP contribution in [0.3, 0.4) is 0 Å². The van der Waals surface area contributed by atoms with E-state index in [-0.39, 0.29) is 0 Å². The Morgan fingerprint density at radius 3 is 2.65 bits per heavy atom. The van der Waals surface area contributed by atoms with Crippen molar-refractivity contribution in [1.29, 1.82) is 0 Å². The first-order valence-electron chi connectivity index (χ1n) is 5.89. The molecule has 0 fully saturated rings. The number of nitrogens with zero attached hydrogens (tertiary/aromatic N) is 4. The molecule has 0 radical (unpaired) electrons. The third-order valence-corrected chi connectivity index (χ3v) is 3.85. The van der Waals surface area contributed by atoms with Crippen molar-refractivity contribution in [1.82, 2.24) is 19.3 Å². The van der Waals surface area contributed by atoms with Crippen LogP contribution in [-0.2, 0) is 19.5 Å². The predicted octanol–water partition coefficient (Wildman–Crippen LogP) is 2.78. The summed E-state index contributed by atoms with van der Waals surface area (Å²) < 4.78 is 5.32. The van der Waals surface area contributed by atoms with Gasteiger partial charge < -0.3 is 4.57 Å². The van der Waals surface area contributed by atoms with E-state index >= 15 is 0 Å². The maximum absolute atomic E-state index is 4.59. The van der Waals surface area contributed by atoms with Crippen LogP contribution in [0.2, 0.25) is 0 Å². The minimum atomic E-state index is 0.813. The molecule has 0 saturated carbocycles. The lowest BCUT2D eigenvalue weighted by atomic mass is 10.3. The second-order valence-electron chi connectivity index (χ2n) is 3.98. The lowest BCUT2D eigenvalue weighted by molar-refractivity contribution is 0.590. The minimum Gasteiger partial charge on any atom is -0.329 e. The van der Waals surface area contributed by atoms with Crippen molar-refractivity contribution in [2.75, 3.05) is 0 Å². The fourth-order valence-electron chi connectivity index (χ4n) is 1.90. The molecular formula is C12H17BrN4. The van der Waals surface area contributed by atoms with Gasteiger partial charge in [0.2, 0.25) is 0 Å². The second-order valence-corrected chi connectivity index (χ2v) is 4.77. The molecule has 2 heterocycles. The number of aromatic nitrogens is 4. The summed E-state index contributed by atoms with van der Waals surface area (Å²) in [6.07, 6.45) is 4.78. The molecule has 0 aliphatic carbocycles. The Morgan fingerprint density at radius 2 is 2.12 bits per heavy atom. The molecule has 92 valence electrons. The van der Waals surface area contributed by atoms with Crippen molar-refractivity contribution in [3.63, 3.8) is 0 Å². The van der Waals surface area contributed by atoms with Crippen LogP contribution in [0.1, 0.15) is 31.1 Å². The predicted molar refractivity (Wildman–Crippen MR) is 71.0 cm³/mol. The third kappa shape index (κ3) is 2.29. The Kier molecular flexibility index (Phi) is 3.66. The average molecular weight is 297 g/mol. The topological polar surface area (TPSA) is 35.6 Å². The van der Waals surface area contributed by atoms with Crippen LogP contribution >= 0.6 is 15.9 Å². The van der Waals surface area contributed by atoms with Gasteiger partial charge in [0.05, 0.1) is 22.4 Å². The molecule has 0 N–H and O–H groups in total. The maximum Gasteiger partial charge on any atom is 0.105 e.